The fourth-order valence-electron chi connectivity index (χ4n) is 2.44. The number of nitrogens with zero attached hydrogens (tertiary/aromatic N) is 6. The van der Waals surface area contributed by atoms with Crippen LogP contribution < -0.4 is 10.1 Å². The minimum absolute atomic E-state index is 0.0243. The molecular formula is C14H18N8O6S. The van der Waals surface area contributed by atoms with E-state index in [4.69, 9.17) is 14.0 Å². The highest BCUT2D eigenvalue weighted by Crippen LogP contribution is 2.24. The summed E-state index contributed by atoms with van der Waals surface area (Å²) < 4.78 is 43.6. The predicted octanol–water partition coefficient (Wildman–Crippen LogP) is -0.514. The number of ether oxygens (including phenoxy) is 2. The van der Waals surface area contributed by atoms with E-state index in [0.717, 1.165) is 9.69 Å². The minimum atomic E-state index is -4.34. The second-order valence-corrected chi connectivity index (χ2v) is 7.26. The lowest BCUT2D eigenvalue weighted by Gasteiger charge is -2.28. The number of carbonyl (C=O) groups excluding carboxylic acids is 1. The number of hydrazine groups is 1. The number of aromatic nitrogens is 4. The molecule has 1 atom stereocenters. The average Bonchev–Trinajstić information content (AvgIpc) is 3.27. The van der Waals surface area contributed by atoms with Gasteiger partial charge in [-0.25, -0.2) is 24.9 Å². The molecule has 0 saturated heterocycles. The first-order valence-corrected chi connectivity index (χ1v) is 9.50. The van der Waals surface area contributed by atoms with Gasteiger partial charge in [-0.2, -0.15) is 18.5 Å². The minimum Gasteiger partial charge on any atom is -0.481 e. The Morgan fingerprint density at radius 3 is 2.72 bits per heavy atom. The summed E-state index contributed by atoms with van der Waals surface area (Å²) in [5.41, 5.74) is 2.39. The molecule has 0 spiro atoms. The summed E-state index contributed by atoms with van der Waals surface area (Å²) in [7, 11) is -0.121. The number of hydrogen-bond donors (Lipinski definition) is 2. The van der Waals surface area contributed by atoms with Gasteiger partial charge >= 0.3 is 6.03 Å². The number of urea groups is 1. The highest BCUT2D eigenvalue weighted by Gasteiger charge is 2.30. The van der Waals surface area contributed by atoms with Crippen LogP contribution in [0.3, 0.4) is 0 Å². The Morgan fingerprint density at radius 1 is 1.34 bits per heavy atom. The van der Waals surface area contributed by atoms with Gasteiger partial charge in [0, 0.05) is 27.2 Å². The van der Waals surface area contributed by atoms with Crippen molar-refractivity contribution in [2.75, 3.05) is 14.2 Å². The van der Waals surface area contributed by atoms with E-state index < -0.39 is 22.3 Å². The Kier molecular flexibility index (Phi) is 5.51. The van der Waals surface area contributed by atoms with Gasteiger partial charge < -0.3 is 14.0 Å². The molecule has 14 nitrogen and oxygen atoms in total. The highest BCUT2D eigenvalue weighted by atomic mass is 32.2. The van der Waals surface area contributed by atoms with Crippen molar-refractivity contribution >= 4 is 22.4 Å². The molecule has 156 valence electrons. The molecule has 1 unspecified atom stereocenters. The van der Waals surface area contributed by atoms with Crippen molar-refractivity contribution in [2.24, 2.45) is 12.0 Å². The zero-order valence-corrected chi connectivity index (χ0v) is 16.7. The Hall–Kier alpha value is -3.46. The molecule has 0 fully saturated rings. The molecule has 0 radical (unpaired) electrons. The van der Waals surface area contributed by atoms with Crippen LogP contribution in [0.1, 0.15) is 5.89 Å². The van der Waals surface area contributed by atoms with Crippen LogP contribution in [0.25, 0.3) is 11.4 Å². The van der Waals surface area contributed by atoms with Gasteiger partial charge in [0.05, 0.1) is 18.9 Å². The third kappa shape index (κ3) is 4.19. The normalized spacial score (nSPS) is 16.5. The van der Waals surface area contributed by atoms with E-state index in [1.807, 2.05) is 4.72 Å². The van der Waals surface area contributed by atoms with E-state index in [0.29, 0.717) is 0 Å². The molecule has 15 heteroatoms. The molecule has 3 rings (SSSR count). The number of amides is 2. The summed E-state index contributed by atoms with van der Waals surface area (Å²) in [4.78, 5) is 20.2. The maximum absolute atomic E-state index is 12.8. The van der Waals surface area contributed by atoms with Crippen LogP contribution in [-0.2, 0) is 26.5 Å². The fourth-order valence-corrected chi connectivity index (χ4v) is 3.66. The lowest BCUT2D eigenvalue weighted by Crippen LogP contribution is -2.53. The lowest BCUT2D eigenvalue weighted by atomic mass is 10.3. The SMILES string of the molecule is COC1=CC(OC)N(NC(=O)NS(=O)(=O)c2c(-c3noc(C)n3)cnn2C)C=N1. The Balaban J connectivity index is 1.79. The van der Waals surface area contributed by atoms with Gasteiger partial charge in [-0.15, -0.1) is 0 Å². The van der Waals surface area contributed by atoms with Gasteiger partial charge in [0.15, 0.2) is 11.3 Å². The van der Waals surface area contributed by atoms with E-state index in [1.165, 1.54) is 39.9 Å². The zero-order valence-electron chi connectivity index (χ0n) is 15.9. The molecular weight excluding hydrogens is 408 g/mol. The number of carbonyl (C=O) groups is 1. The highest BCUT2D eigenvalue weighted by molar-refractivity contribution is 7.90. The van der Waals surface area contributed by atoms with Crippen LogP contribution in [0.5, 0.6) is 0 Å². The standard InChI is InChI=1S/C14H18N8O6S/c1-8-17-12(19-28-8)9-6-16-21(2)13(9)29(24,25)20-14(23)18-22-7-15-10(26-3)5-11(22)27-4/h5-7,11H,1-4H3,(H2,18,20,23). The number of sulfonamides is 1. The number of aryl methyl sites for hydroxylation is 2. The van der Waals surface area contributed by atoms with E-state index >= 15 is 0 Å². The smallest absolute Gasteiger partial charge is 0.347 e. The van der Waals surface area contributed by atoms with Crippen molar-refractivity contribution in [3.05, 3.63) is 24.0 Å². The largest absolute Gasteiger partial charge is 0.481 e. The number of aliphatic imine (C=N–C) groups is 1. The summed E-state index contributed by atoms with van der Waals surface area (Å²) >= 11 is 0. The molecule has 0 aromatic carbocycles. The Bertz CT molecular complexity index is 1070. The molecule has 3 heterocycles. The monoisotopic (exact) mass is 426 g/mol. The van der Waals surface area contributed by atoms with Crippen LogP contribution in [0.4, 0.5) is 4.79 Å². The van der Waals surface area contributed by atoms with Gasteiger partial charge in [-0.3, -0.25) is 4.68 Å². The van der Waals surface area contributed by atoms with Crippen molar-refractivity contribution in [1.82, 2.24) is 35.1 Å². The second kappa shape index (κ2) is 7.88. The molecule has 2 aromatic heterocycles. The van der Waals surface area contributed by atoms with Crippen molar-refractivity contribution < 1.29 is 27.2 Å². The van der Waals surface area contributed by atoms with E-state index in [1.54, 1.807) is 6.92 Å². The zero-order chi connectivity index (χ0) is 21.2. The first-order chi connectivity index (χ1) is 13.7. The van der Waals surface area contributed by atoms with Crippen LogP contribution in [0.15, 0.2) is 32.7 Å². The quantitative estimate of drug-likeness (QED) is 0.614. The molecule has 29 heavy (non-hydrogen) atoms. The molecule has 2 aromatic rings. The maximum Gasteiger partial charge on any atom is 0.347 e. The molecule has 0 saturated carbocycles. The van der Waals surface area contributed by atoms with Gasteiger partial charge in [0.1, 0.15) is 6.34 Å². The topological polar surface area (TPSA) is 166 Å². The lowest BCUT2D eigenvalue weighted by molar-refractivity contribution is 0.0227. The van der Waals surface area contributed by atoms with Crippen molar-refractivity contribution in [2.45, 2.75) is 18.2 Å². The van der Waals surface area contributed by atoms with Gasteiger partial charge in [-0.05, 0) is 0 Å². The summed E-state index contributed by atoms with van der Waals surface area (Å²) in [6.45, 7) is 1.56. The third-order valence-electron chi connectivity index (χ3n) is 3.68. The Morgan fingerprint density at radius 2 is 2.10 bits per heavy atom. The van der Waals surface area contributed by atoms with Crippen LogP contribution >= 0.6 is 0 Å². The van der Waals surface area contributed by atoms with Gasteiger partial charge in [0.25, 0.3) is 10.0 Å². The second-order valence-electron chi connectivity index (χ2n) is 5.66. The molecule has 2 amide bonds. The van der Waals surface area contributed by atoms with Crippen LogP contribution in [-0.4, -0.2) is 66.2 Å². The van der Waals surface area contributed by atoms with Gasteiger partial charge in [0.2, 0.25) is 17.6 Å². The predicted molar refractivity (Wildman–Crippen MR) is 96.3 cm³/mol. The molecule has 1 aliphatic rings. The number of rotatable bonds is 6. The average molecular weight is 426 g/mol. The molecule has 2 N–H and O–H groups in total. The number of hydrogen-bond acceptors (Lipinski definition) is 11. The summed E-state index contributed by atoms with van der Waals surface area (Å²) in [6, 6.07) is -1.05. The van der Waals surface area contributed by atoms with Gasteiger partial charge in [-0.1, -0.05) is 5.16 Å². The van der Waals surface area contributed by atoms with E-state index in [9.17, 15) is 13.2 Å². The summed E-state index contributed by atoms with van der Waals surface area (Å²) in [5.74, 6) is 0.547. The Labute approximate surface area is 165 Å². The molecule has 0 aliphatic carbocycles. The van der Waals surface area contributed by atoms with E-state index in [-0.39, 0.29) is 28.2 Å². The van der Waals surface area contributed by atoms with Crippen molar-refractivity contribution in [3.63, 3.8) is 0 Å². The van der Waals surface area contributed by atoms with E-state index in [2.05, 4.69) is 25.7 Å². The van der Waals surface area contributed by atoms with Crippen molar-refractivity contribution in [1.29, 1.82) is 0 Å². The molecule has 1 aliphatic heterocycles. The fraction of sp³-hybridized carbons (Fsp3) is 0.357. The first kappa shape index (κ1) is 20.3. The van der Waals surface area contributed by atoms with Crippen LogP contribution in [0, 0.1) is 6.92 Å². The summed E-state index contributed by atoms with van der Waals surface area (Å²) in [6.07, 6.45) is 3.19. The number of methoxy groups -OCH3 is 2. The third-order valence-corrected chi connectivity index (χ3v) is 5.13. The number of nitrogens with one attached hydrogen (secondary N) is 2. The first-order valence-electron chi connectivity index (χ1n) is 8.02. The summed E-state index contributed by atoms with van der Waals surface area (Å²) in [5, 5.41) is 8.43. The van der Waals surface area contributed by atoms with Crippen LogP contribution in [0.2, 0.25) is 0 Å². The maximum atomic E-state index is 12.8. The molecule has 0 bridgehead atoms. The van der Waals surface area contributed by atoms with Crippen molar-refractivity contribution in [3.8, 4) is 11.4 Å².